The van der Waals surface area contributed by atoms with Crippen molar-refractivity contribution < 1.29 is 18.0 Å². The number of nitrogens with zero attached hydrogens (tertiary/aromatic N) is 1. The summed E-state index contributed by atoms with van der Waals surface area (Å²) in [6, 6.07) is 2.90. The van der Waals surface area contributed by atoms with Gasteiger partial charge >= 0.3 is 6.18 Å². The molecule has 0 aliphatic rings. The topological polar surface area (TPSA) is 42.0 Å². The zero-order valence-electron chi connectivity index (χ0n) is 9.16. The number of carbonyl (C=O) groups is 1. The third kappa shape index (κ3) is 3.32. The average molecular weight is 351 g/mol. The van der Waals surface area contributed by atoms with E-state index in [1.807, 2.05) is 0 Å². The molecule has 0 aliphatic heterocycles. The van der Waals surface area contributed by atoms with Crippen LogP contribution in [0.1, 0.15) is 15.9 Å². The molecule has 0 radical (unpaired) electrons. The summed E-state index contributed by atoms with van der Waals surface area (Å²) in [5.74, 6) is -0.645. The number of hydrogen-bond acceptors (Lipinski definition) is 3. The smallest absolute Gasteiger partial charge is 0.298 e. The van der Waals surface area contributed by atoms with E-state index in [1.165, 1.54) is 23.6 Å². The normalized spacial score (nSPS) is 11.4. The first kappa shape index (κ1) is 14.0. The molecule has 2 rings (SSSR count). The number of nitrogens with one attached hydrogen (secondary N) is 1. The Morgan fingerprint density at radius 1 is 1.37 bits per heavy atom. The van der Waals surface area contributed by atoms with E-state index < -0.39 is 17.6 Å². The Balaban J connectivity index is 2.31. The van der Waals surface area contributed by atoms with Crippen LogP contribution in [0.4, 0.5) is 18.3 Å². The van der Waals surface area contributed by atoms with Crippen molar-refractivity contribution in [3.63, 3.8) is 0 Å². The van der Waals surface area contributed by atoms with Gasteiger partial charge in [0.15, 0.2) is 5.13 Å². The summed E-state index contributed by atoms with van der Waals surface area (Å²) < 4.78 is 38.0. The van der Waals surface area contributed by atoms with E-state index in [0.29, 0.717) is 5.13 Å². The van der Waals surface area contributed by atoms with Crippen LogP contribution < -0.4 is 5.32 Å². The molecule has 1 aromatic heterocycles. The molecule has 0 saturated heterocycles. The highest BCUT2D eigenvalue weighted by Gasteiger charge is 2.31. The fourth-order valence-electron chi connectivity index (χ4n) is 1.33. The zero-order chi connectivity index (χ0) is 14.0. The fourth-order valence-corrected chi connectivity index (χ4v) is 2.28. The maximum atomic E-state index is 12.6. The van der Waals surface area contributed by atoms with Gasteiger partial charge in [-0.25, -0.2) is 4.98 Å². The minimum atomic E-state index is -4.49. The van der Waals surface area contributed by atoms with E-state index in [0.717, 1.165) is 12.1 Å². The lowest BCUT2D eigenvalue weighted by Gasteiger charge is -2.10. The lowest BCUT2D eigenvalue weighted by molar-refractivity contribution is -0.137. The van der Waals surface area contributed by atoms with Crippen LogP contribution in [0.25, 0.3) is 0 Å². The van der Waals surface area contributed by atoms with E-state index in [4.69, 9.17) is 0 Å². The number of anilines is 1. The Kier molecular flexibility index (Phi) is 3.91. The maximum Gasteiger partial charge on any atom is 0.416 e. The van der Waals surface area contributed by atoms with E-state index in [2.05, 4.69) is 26.2 Å². The summed E-state index contributed by atoms with van der Waals surface area (Å²) in [7, 11) is 0. The number of amides is 1. The number of alkyl halides is 3. The summed E-state index contributed by atoms with van der Waals surface area (Å²) in [6.45, 7) is 0. The van der Waals surface area contributed by atoms with Crippen molar-refractivity contribution in [2.24, 2.45) is 0 Å². The van der Waals surface area contributed by atoms with E-state index >= 15 is 0 Å². The fraction of sp³-hybridized carbons (Fsp3) is 0.0909. The van der Waals surface area contributed by atoms with Crippen LogP contribution >= 0.6 is 27.3 Å². The van der Waals surface area contributed by atoms with Gasteiger partial charge in [0.25, 0.3) is 5.91 Å². The van der Waals surface area contributed by atoms with Gasteiger partial charge in [-0.2, -0.15) is 13.2 Å². The number of thiazole rings is 1. The molecule has 1 heterocycles. The minimum absolute atomic E-state index is 0.0926. The SMILES string of the molecule is O=C(Nc1nccs1)c1cc(C(F)(F)F)ccc1Br. The van der Waals surface area contributed by atoms with E-state index in [9.17, 15) is 18.0 Å². The second-order valence-electron chi connectivity index (χ2n) is 3.48. The average Bonchev–Trinajstić information content (AvgIpc) is 2.80. The summed E-state index contributed by atoms with van der Waals surface area (Å²) in [6.07, 6.45) is -3.00. The largest absolute Gasteiger partial charge is 0.416 e. The zero-order valence-corrected chi connectivity index (χ0v) is 11.6. The van der Waals surface area contributed by atoms with Crippen LogP contribution in [0.2, 0.25) is 0 Å². The first-order valence-electron chi connectivity index (χ1n) is 4.95. The predicted molar refractivity (Wildman–Crippen MR) is 69.2 cm³/mol. The molecule has 3 nitrogen and oxygen atoms in total. The molecule has 8 heteroatoms. The summed E-state index contributed by atoms with van der Waals surface area (Å²) >= 11 is 4.24. The molecule has 0 unspecified atom stereocenters. The molecular formula is C11H6BrF3N2OS. The summed E-state index contributed by atoms with van der Waals surface area (Å²) in [5.41, 5.74) is -0.968. The van der Waals surface area contributed by atoms with E-state index in [1.54, 1.807) is 5.38 Å². The number of halogens is 4. The maximum absolute atomic E-state index is 12.6. The molecule has 2 aromatic rings. The number of rotatable bonds is 2. The monoisotopic (exact) mass is 350 g/mol. The molecule has 0 atom stereocenters. The third-order valence-electron chi connectivity index (χ3n) is 2.19. The first-order chi connectivity index (χ1) is 8.88. The van der Waals surface area contributed by atoms with Crippen LogP contribution in [-0.4, -0.2) is 10.9 Å². The lowest BCUT2D eigenvalue weighted by Crippen LogP contribution is -2.14. The van der Waals surface area contributed by atoms with Gasteiger partial charge in [0.2, 0.25) is 0 Å². The van der Waals surface area contributed by atoms with Crippen molar-refractivity contribution in [1.82, 2.24) is 4.98 Å². The Labute approximate surface area is 118 Å². The quantitative estimate of drug-likeness (QED) is 0.882. The number of carbonyl (C=O) groups excluding carboxylic acids is 1. The molecule has 0 saturated carbocycles. The standard InChI is InChI=1S/C11H6BrF3N2OS/c12-8-2-1-6(11(13,14)15)5-7(8)9(18)17-10-16-3-4-19-10/h1-5H,(H,16,17,18). The number of benzene rings is 1. The highest BCUT2D eigenvalue weighted by molar-refractivity contribution is 9.10. The predicted octanol–water partition coefficient (Wildman–Crippen LogP) is 4.18. The summed E-state index contributed by atoms with van der Waals surface area (Å²) in [5, 5.41) is 4.41. The van der Waals surface area contributed by atoms with Gasteiger partial charge in [-0.3, -0.25) is 10.1 Å². The van der Waals surface area contributed by atoms with Crippen molar-refractivity contribution in [2.75, 3.05) is 5.32 Å². The van der Waals surface area contributed by atoms with Crippen molar-refractivity contribution >= 4 is 38.3 Å². The molecule has 0 bridgehead atoms. The van der Waals surface area contributed by atoms with Crippen LogP contribution in [0.15, 0.2) is 34.2 Å². The highest BCUT2D eigenvalue weighted by Crippen LogP contribution is 2.32. The second-order valence-corrected chi connectivity index (χ2v) is 5.23. The number of hydrogen-bond donors (Lipinski definition) is 1. The summed E-state index contributed by atoms with van der Waals surface area (Å²) in [4.78, 5) is 15.7. The molecule has 19 heavy (non-hydrogen) atoms. The van der Waals surface area contributed by atoms with Crippen molar-refractivity contribution in [3.8, 4) is 0 Å². The van der Waals surface area contributed by atoms with Gasteiger partial charge in [0.05, 0.1) is 11.1 Å². The van der Waals surface area contributed by atoms with Crippen LogP contribution in [0.3, 0.4) is 0 Å². The van der Waals surface area contributed by atoms with Gasteiger partial charge in [-0.05, 0) is 34.1 Å². The molecule has 0 aliphatic carbocycles. The molecule has 1 aromatic carbocycles. The highest BCUT2D eigenvalue weighted by atomic mass is 79.9. The Hall–Kier alpha value is -1.41. The first-order valence-corrected chi connectivity index (χ1v) is 6.63. The van der Waals surface area contributed by atoms with Crippen molar-refractivity contribution in [1.29, 1.82) is 0 Å². The third-order valence-corrected chi connectivity index (χ3v) is 3.57. The molecule has 0 fully saturated rings. The van der Waals surface area contributed by atoms with Gasteiger partial charge < -0.3 is 0 Å². The van der Waals surface area contributed by atoms with Crippen LogP contribution in [0.5, 0.6) is 0 Å². The van der Waals surface area contributed by atoms with Gasteiger partial charge in [0, 0.05) is 16.0 Å². The van der Waals surface area contributed by atoms with Gasteiger partial charge in [0.1, 0.15) is 0 Å². The second kappa shape index (κ2) is 5.30. The molecule has 0 spiro atoms. The van der Waals surface area contributed by atoms with Crippen LogP contribution in [-0.2, 0) is 6.18 Å². The Morgan fingerprint density at radius 2 is 2.11 bits per heavy atom. The lowest BCUT2D eigenvalue weighted by atomic mass is 10.1. The van der Waals surface area contributed by atoms with Gasteiger partial charge in [-0.1, -0.05) is 0 Å². The van der Waals surface area contributed by atoms with E-state index in [-0.39, 0.29) is 10.0 Å². The Bertz CT molecular complexity index is 598. The van der Waals surface area contributed by atoms with Crippen molar-refractivity contribution in [3.05, 3.63) is 45.4 Å². The Morgan fingerprint density at radius 3 is 2.68 bits per heavy atom. The molecule has 1 N–H and O–H groups in total. The number of aromatic nitrogens is 1. The molecule has 1 amide bonds. The van der Waals surface area contributed by atoms with Crippen molar-refractivity contribution in [2.45, 2.75) is 6.18 Å². The van der Waals surface area contributed by atoms with Crippen LogP contribution in [0, 0.1) is 0 Å². The van der Waals surface area contributed by atoms with Gasteiger partial charge in [-0.15, -0.1) is 11.3 Å². The minimum Gasteiger partial charge on any atom is -0.298 e. The molecule has 100 valence electrons. The molecular weight excluding hydrogens is 345 g/mol.